The van der Waals surface area contributed by atoms with Crippen molar-refractivity contribution in [2.45, 2.75) is 39.7 Å². The Hall–Kier alpha value is -4.08. The summed E-state index contributed by atoms with van der Waals surface area (Å²) in [4.78, 5) is 27.4. The Labute approximate surface area is 217 Å². The van der Waals surface area contributed by atoms with Gasteiger partial charge in [0.15, 0.2) is 0 Å². The molecule has 2 fully saturated rings. The van der Waals surface area contributed by atoms with E-state index in [0.29, 0.717) is 43.9 Å². The monoisotopic (exact) mass is 518 g/mol. The molecule has 2 atom stereocenters. The van der Waals surface area contributed by atoms with Crippen molar-refractivity contribution in [1.82, 2.24) is 19.4 Å². The fraction of sp³-hybridized carbons (Fsp3) is 0.357. The average Bonchev–Trinajstić information content (AvgIpc) is 3.57. The number of imidazole rings is 1. The van der Waals surface area contributed by atoms with E-state index < -0.39 is 18.0 Å². The number of fused-ring (bicyclic) bond motifs is 2. The molecule has 3 aromatic heterocycles. The van der Waals surface area contributed by atoms with Gasteiger partial charge in [0.1, 0.15) is 11.4 Å². The van der Waals surface area contributed by atoms with Crippen LogP contribution >= 0.6 is 0 Å². The summed E-state index contributed by atoms with van der Waals surface area (Å²) in [5.74, 6) is -0.119. The number of aromatic nitrogens is 4. The normalized spacial score (nSPS) is 20.6. The maximum atomic E-state index is 12.9. The van der Waals surface area contributed by atoms with Crippen LogP contribution in [0.5, 0.6) is 5.75 Å². The lowest BCUT2D eigenvalue weighted by Gasteiger charge is -2.32. The van der Waals surface area contributed by atoms with Crippen LogP contribution in [0.1, 0.15) is 35.4 Å². The second kappa shape index (κ2) is 9.04. The van der Waals surface area contributed by atoms with Crippen LogP contribution in [0.3, 0.4) is 0 Å². The maximum Gasteiger partial charge on any atom is 0.387 e. The molecule has 1 saturated carbocycles. The molecule has 0 amide bonds. The van der Waals surface area contributed by atoms with Gasteiger partial charge in [0, 0.05) is 71.9 Å². The van der Waals surface area contributed by atoms with Crippen molar-refractivity contribution in [3.05, 3.63) is 71.4 Å². The number of aliphatic carboxylic acids is 1. The molecular weight excluding hydrogens is 492 g/mol. The van der Waals surface area contributed by atoms with E-state index in [1.54, 1.807) is 36.7 Å². The van der Waals surface area contributed by atoms with Crippen LogP contribution in [0.4, 0.5) is 14.7 Å². The molecule has 6 rings (SSSR count). The third-order valence-electron chi connectivity index (χ3n) is 7.95. The Kier molecular flexibility index (Phi) is 5.77. The fourth-order valence-corrected chi connectivity index (χ4v) is 5.68. The minimum absolute atomic E-state index is 0.0910. The number of pyridine rings is 1. The number of piperidine rings is 1. The summed E-state index contributed by atoms with van der Waals surface area (Å²) < 4.78 is 32.6. The molecule has 0 spiro atoms. The molecule has 2 aliphatic rings. The summed E-state index contributed by atoms with van der Waals surface area (Å²) in [6.45, 7) is 2.20. The van der Waals surface area contributed by atoms with Crippen molar-refractivity contribution in [2.75, 3.05) is 18.0 Å². The number of carboxylic acids is 1. The standard InChI is InChI=1S/C28H27F2N5O3/c1-16-9-24-33-17(2)22(10-18-5-3-4-6-23(18)38-26(29)30)35(24)15-21(16)19-12-31-27(32-13-19)34-8-7-28(25(36)37)11-20(28)14-34/h3-6,9,12-13,15,20,26H,7-8,10-11,14H2,1-2H3,(H,36,37)/p-1. The molecule has 1 aliphatic heterocycles. The van der Waals surface area contributed by atoms with Gasteiger partial charge in [0.05, 0.1) is 5.69 Å². The van der Waals surface area contributed by atoms with Crippen LogP contribution in [-0.4, -0.2) is 45.0 Å². The van der Waals surface area contributed by atoms with Crippen molar-refractivity contribution in [3.63, 3.8) is 0 Å². The van der Waals surface area contributed by atoms with Crippen molar-refractivity contribution in [2.24, 2.45) is 11.3 Å². The molecule has 1 aliphatic carbocycles. The van der Waals surface area contributed by atoms with Gasteiger partial charge < -0.3 is 23.9 Å². The highest BCUT2D eigenvalue weighted by molar-refractivity contribution is 5.77. The first-order valence-corrected chi connectivity index (χ1v) is 12.5. The summed E-state index contributed by atoms with van der Waals surface area (Å²) in [7, 11) is 0. The summed E-state index contributed by atoms with van der Waals surface area (Å²) in [6, 6.07) is 8.77. The third kappa shape index (κ3) is 4.13. The number of benzene rings is 1. The van der Waals surface area contributed by atoms with Gasteiger partial charge in [0.25, 0.3) is 0 Å². The topological polar surface area (TPSA) is 95.7 Å². The SMILES string of the molecule is Cc1cc2nc(C)c(Cc3ccccc3OC(F)F)n2cc1-c1cnc(N2CCC3(C(=O)[O-])CC3C2)nc1. The molecule has 0 radical (unpaired) electrons. The van der Waals surface area contributed by atoms with Gasteiger partial charge in [-0.15, -0.1) is 0 Å². The van der Waals surface area contributed by atoms with Crippen molar-refractivity contribution >= 4 is 17.6 Å². The Morgan fingerprint density at radius 2 is 2.00 bits per heavy atom. The van der Waals surface area contributed by atoms with E-state index in [1.165, 1.54) is 0 Å². The van der Waals surface area contributed by atoms with Gasteiger partial charge >= 0.3 is 6.61 Å². The molecular formula is C28H26F2N5O3-. The summed E-state index contributed by atoms with van der Waals surface area (Å²) in [5.41, 5.74) is 5.19. The number of para-hydroxylation sites is 1. The quantitative estimate of drug-likeness (QED) is 0.369. The number of alkyl halides is 2. The van der Waals surface area contributed by atoms with E-state index in [-0.39, 0.29) is 11.7 Å². The first kappa shape index (κ1) is 24.3. The van der Waals surface area contributed by atoms with E-state index in [2.05, 4.69) is 15.0 Å². The molecule has 1 saturated heterocycles. The number of halogens is 2. The van der Waals surface area contributed by atoms with Gasteiger partial charge in [-0.2, -0.15) is 8.78 Å². The predicted octanol–water partition coefficient (Wildman–Crippen LogP) is 3.57. The minimum atomic E-state index is -2.90. The van der Waals surface area contributed by atoms with E-state index in [1.807, 2.05) is 35.4 Å². The van der Waals surface area contributed by atoms with E-state index >= 15 is 0 Å². The molecule has 10 heteroatoms. The smallest absolute Gasteiger partial charge is 0.387 e. The molecule has 2 unspecified atom stereocenters. The second-order valence-corrected chi connectivity index (χ2v) is 10.2. The Balaban J connectivity index is 1.28. The first-order chi connectivity index (χ1) is 18.2. The van der Waals surface area contributed by atoms with Gasteiger partial charge in [-0.1, -0.05) is 18.2 Å². The van der Waals surface area contributed by atoms with E-state index in [4.69, 9.17) is 4.74 Å². The lowest BCUT2D eigenvalue weighted by atomic mass is 9.96. The third-order valence-corrected chi connectivity index (χ3v) is 7.95. The van der Waals surface area contributed by atoms with Crippen LogP contribution < -0.4 is 14.7 Å². The molecule has 1 aromatic carbocycles. The zero-order valence-electron chi connectivity index (χ0n) is 21.0. The minimum Gasteiger partial charge on any atom is -0.550 e. The molecule has 0 bridgehead atoms. The lowest BCUT2D eigenvalue weighted by molar-refractivity contribution is -0.314. The van der Waals surface area contributed by atoms with Crippen molar-refractivity contribution in [3.8, 4) is 16.9 Å². The average molecular weight is 519 g/mol. The van der Waals surface area contributed by atoms with E-state index in [9.17, 15) is 18.7 Å². The van der Waals surface area contributed by atoms with Gasteiger partial charge in [-0.25, -0.2) is 15.0 Å². The van der Waals surface area contributed by atoms with Crippen molar-refractivity contribution < 1.29 is 23.4 Å². The zero-order valence-corrected chi connectivity index (χ0v) is 21.0. The summed E-state index contributed by atoms with van der Waals surface area (Å²) in [5, 5.41) is 11.5. The Morgan fingerprint density at radius 3 is 2.71 bits per heavy atom. The highest BCUT2D eigenvalue weighted by Gasteiger charge is 2.58. The summed E-state index contributed by atoms with van der Waals surface area (Å²) >= 11 is 0. The number of anilines is 1. The number of carboxylic acid groups (broad SMARTS) is 1. The number of nitrogens with zero attached hydrogens (tertiary/aromatic N) is 5. The number of ether oxygens (including phenoxy) is 1. The number of rotatable bonds is 7. The Bertz CT molecular complexity index is 1540. The molecule has 38 heavy (non-hydrogen) atoms. The van der Waals surface area contributed by atoms with E-state index in [0.717, 1.165) is 33.7 Å². The molecule has 4 heterocycles. The Morgan fingerprint density at radius 1 is 1.24 bits per heavy atom. The second-order valence-electron chi connectivity index (χ2n) is 10.2. The summed E-state index contributed by atoms with van der Waals surface area (Å²) in [6.07, 6.45) is 7.12. The fourth-order valence-electron chi connectivity index (χ4n) is 5.68. The highest BCUT2D eigenvalue weighted by atomic mass is 19.3. The maximum absolute atomic E-state index is 12.9. The van der Waals surface area contributed by atoms with Gasteiger partial charge in [-0.3, -0.25) is 0 Å². The molecule has 196 valence electrons. The largest absolute Gasteiger partial charge is 0.550 e. The number of carbonyl (C=O) groups is 1. The van der Waals surface area contributed by atoms with Gasteiger partial charge in [0.2, 0.25) is 5.95 Å². The number of hydrogen-bond donors (Lipinski definition) is 0. The zero-order chi connectivity index (χ0) is 26.6. The molecule has 8 nitrogen and oxygen atoms in total. The number of hydrogen-bond acceptors (Lipinski definition) is 7. The van der Waals surface area contributed by atoms with Crippen molar-refractivity contribution in [1.29, 1.82) is 0 Å². The number of carbonyl (C=O) groups excluding carboxylic acids is 1. The highest BCUT2D eigenvalue weighted by Crippen LogP contribution is 2.57. The lowest BCUT2D eigenvalue weighted by Crippen LogP contribution is -2.43. The van der Waals surface area contributed by atoms with Crippen LogP contribution in [0.15, 0.2) is 48.9 Å². The predicted molar refractivity (Wildman–Crippen MR) is 134 cm³/mol. The first-order valence-electron chi connectivity index (χ1n) is 12.5. The number of aryl methyl sites for hydroxylation is 2. The van der Waals surface area contributed by atoms with Crippen LogP contribution in [0.2, 0.25) is 0 Å². The van der Waals surface area contributed by atoms with Crippen LogP contribution in [-0.2, 0) is 11.2 Å². The van der Waals surface area contributed by atoms with Crippen LogP contribution in [0, 0.1) is 25.2 Å². The van der Waals surface area contributed by atoms with Crippen LogP contribution in [0.25, 0.3) is 16.8 Å². The molecule has 4 aromatic rings. The van der Waals surface area contributed by atoms with Gasteiger partial charge in [-0.05, 0) is 50.3 Å². The molecule has 0 N–H and O–H groups in total.